The summed E-state index contributed by atoms with van der Waals surface area (Å²) in [5.41, 5.74) is 0. The van der Waals surface area contributed by atoms with Gasteiger partial charge in [-0.25, -0.2) is 0 Å². The summed E-state index contributed by atoms with van der Waals surface area (Å²) in [6.07, 6.45) is 1.89. The number of nitrogens with one attached hydrogen (secondary N) is 1. The second-order valence-electron chi connectivity index (χ2n) is 3.53. The van der Waals surface area contributed by atoms with E-state index in [1.165, 1.54) is 0 Å². The molecule has 0 saturated carbocycles. The van der Waals surface area contributed by atoms with E-state index in [4.69, 9.17) is 4.74 Å². The number of rotatable bonds is 7. The van der Waals surface area contributed by atoms with E-state index in [0.29, 0.717) is 19.8 Å². The van der Waals surface area contributed by atoms with Gasteiger partial charge in [-0.3, -0.25) is 4.79 Å². The molecule has 92 valence electrons. The van der Waals surface area contributed by atoms with Gasteiger partial charge >= 0.3 is 0 Å². The number of ether oxygens (including phenoxy) is 1. The number of amides is 1. The number of thioether (sulfide) groups is 1. The van der Waals surface area contributed by atoms with Crippen molar-refractivity contribution in [1.82, 2.24) is 10.2 Å². The minimum Gasteiger partial charge on any atom is -0.378 e. The first kappa shape index (κ1) is 13.5. The van der Waals surface area contributed by atoms with Gasteiger partial charge in [-0.2, -0.15) is 11.8 Å². The van der Waals surface area contributed by atoms with E-state index in [1.807, 2.05) is 22.7 Å². The fraction of sp³-hybridized carbons (Fsp3) is 0.727. The van der Waals surface area contributed by atoms with Gasteiger partial charge in [-0.05, 0) is 0 Å². The van der Waals surface area contributed by atoms with Crippen LogP contribution < -0.4 is 5.32 Å². The first-order valence-electron chi connectivity index (χ1n) is 5.59. The van der Waals surface area contributed by atoms with Gasteiger partial charge in [-0.15, -0.1) is 6.58 Å². The average molecular weight is 244 g/mol. The van der Waals surface area contributed by atoms with Crippen LogP contribution >= 0.6 is 11.8 Å². The Balaban J connectivity index is 1.99. The van der Waals surface area contributed by atoms with Crippen molar-refractivity contribution in [3.8, 4) is 0 Å². The monoisotopic (exact) mass is 244 g/mol. The molecule has 1 N–H and O–H groups in total. The van der Waals surface area contributed by atoms with Crippen molar-refractivity contribution in [2.24, 2.45) is 0 Å². The van der Waals surface area contributed by atoms with Crippen LogP contribution in [0.5, 0.6) is 0 Å². The first-order valence-corrected chi connectivity index (χ1v) is 6.75. The van der Waals surface area contributed by atoms with E-state index in [9.17, 15) is 4.79 Å². The van der Waals surface area contributed by atoms with Gasteiger partial charge in [0.15, 0.2) is 0 Å². The van der Waals surface area contributed by atoms with Gasteiger partial charge in [-0.1, -0.05) is 6.08 Å². The maximum Gasteiger partial charge on any atom is 0.236 e. The number of hydrogen-bond acceptors (Lipinski definition) is 4. The van der Waals surface area contributed by atoms with E-state index in [2.05, 4.69) is 11.9 Å². The first-order chi connectivity index (χ1) is 7.84. The fourth-order valence-corrected chi connectivity index (χ4v) is 2.05. The lowest BCUT2D eigenvalue weighted by atomic mass is 10.4. The van der Waals surface area contributed by atoms with Crippen LogP contribution in [-0.4, -0.2) is 61.7 Å². The van der Waals surface area contributed by atoms with Gasteiger partial charge in [0, 0.05) is 31.1 Å². The smallest absolute Gasteiger partial charge is 0.236 e. The summed E-state index contributed by atoms with van der Waals surface area (Å²) in [6, 6.07) is 0. The molecule has 0 atom stereocenters. The highest BCUT2D eigenvalue weighted by atomic mass is 32.2. The van der Waals surface area contributed by atoms with Crippen molar-refractivity contribution >= 4 is 17.7 Å². The second kappa shape index (κ2) is 8.61. The van der Waals surface area contributed by atoms with Crippen molar-refractivity contribution in [3.63, 3.8) is 0 Å². The Labute approximate surface area is 101 Å². The average Bonchev–Trinajstić information content (AvgIpc) is 2.34. The molecular weight excluding hydrogens is 224 g/mol. The standard InChI is InChI=1S/C11H20N2O2S/c1-2-8-16-9-3-12-10-11(14)13-4-6-15-7-5-13/h2,12H,1,3-10H2. The van der Waals surface area contributed by atoms with E-state index in [-0.39, 0.29) is 5.91 Å². The Morgan fingerprint density at radius 3 is 2.94 bits per heavy atom. The largest absolute Gasteiger partial charge is 0.378 e. The molecule has 0 aliphatic carbocycles. The molecule has 0 radical (unpaired) electrons. The predicted molar refractivity (Wildman–Crippen MR) is 67.8 cm³/mol. The second-order valence-corrected chi connectivity index (χ2v) is 4.68. The summed E-state index contributed by atoms with van der Waals surface area (Å²) in [4.78, 5) is 13.5. The summed E-state index contributed by atoms with van der Waals surface area (Å²) in [5.74, 6) is 2.17. The molecule has 16 heavy (non-hydrogen) atoms. The van der Waals surface area contributed by atoms with Crippen molar-refractivity contribution in [2.45, 2.75) is 0 Å². The van der Waals surface area contributed by atoms with Crippen molar-refractivity contribution in [2.75, 3.05) is 50.9 Å². The summed E-state index contributed by atoms with van der Waals surface area (Å²) in [7, 11) is 0. The number of nitrogens with zero attached hydrogens (tertiary/aromatic N) is 1. The molecule has 0 bridgehead atoms. The summed E-state index contributed by atoms with van der Waals surface area (Å²) < 4.78 is 5.19. The van der Waals surface area contributed by atoms with Gasteiger partial charge < -0.3 is 15.0 Å². The number of carbonyl (C=O) groups is 1. The molecule has 0 aromatic rings. The third kappa shape index (κ3) is 5.53. The molecule has 4 nitrogen and oxygen atoms in total. The molecule has 0 aromatic heterocycles. The van der Waals surface area contributed by atoms with Crippen LogP contribution in [0.2, 0.25) is 0 Å². The Hall–Kier alpha value is -0.520. The number of carbonyl (C=O) groups excluding carboxylic acids is 1. The molecule has 0 spiro atoms. The van der Waals surface area contributed by atoms with Gasteiger partial charge in [0.05, 0.1) is 19.8 Å². The maximum atomic E-state index is 11.7. The molecule has 1 rings (SSSR count). The summed E-state index contributed by atoms with van der Waals surface area (Å²) >= 11 is 1.82. The van der Waals surface area contributed by atoms with Crippen molar-refractivity contribution in [3.05, 3.63) is 12.7 Å². The number of hydrogen-bond donors (Lipinski definition) is 1. The Bertz CT molecular complexity index is 218. The van der Waals surface area contributed by atoms with Crippen LogP contribution in [0.15, 0.2) is 12.7 Å². The quantitative estimate of drug-likeness (QED) is 0.518. The predicted octanol–water partition coefficient (Wildman–Crippen LogP) is 0.354. The Morgan fingerprint density at radius 1 is 1.50 bits per heavy atom. The molecule has 1 amide bonds. The summed E-state index contributed by atoms with van der Waals surface area (Å²) in [5, 5.41) is 3.15. The van der Waals surface area contributed by atoms with E-state index in [0.717, 1.165) is 31.1 Å². The topological polar surface area (TPSA) is 41.6 Å². The zero-order chi connectivity index (χ0) is 11.6. The number of morpholine rings is 1. The van der Waals surface area contributed by atoms with Crippen LogP contribution in [0, 0.1) is 0 Å². The lowest BCUT2D eigenvalue weighted by molar-refractivity contribution is -0.134. The highest BCUT2D eigenvalue weighted by Crippen LogP contribution is 1.98. The van der Waals surface area contributed by atoms with E-state index < -0.39 is 0 Å². The molecule has 1 aliphatic heterocycles. The van der Waals surface area contributed by atoms with Gasteiger partial charge in [0.1, 0.15) is 0 Å². The highest BCUT2D eigenvalue weighted by molar-refractivity contribution is 7.99. The third-order valence-corrected chi connectivity index (χ3v) is 3.26. The van der Waals surface area contributed by atoms with Crippen LogP contribution in [-0.2, 0) is 9.53 Å². The molecule has 1 heterocycles. The van der Waals surface area contributed by atoms with Crippen molar-refractivity contribution in [1.29, 1.82) is 0 Å². The van der Waals surface area contributed by atoms with E-state index in [1.54, 1.807) is 0 Å². The molecule has 1 aliphatic rings. The molecule has 1 fully saturated rings. The molecule has 1 saturated heterocycles. The van der Waals surface area contributed by atoms with Crippen LogP contribution in [0.4, 0.5) is 0 Å². The molecule has 0 unspecified atom stereocenters. The minimum absolute atomic E-state index is 0.178. The fourth-order valence-electron chi connectivity index (χ4n) is 1.43. The molecular formula is C11H20N2O2S. The lowest BCUT2D eigenvalue weighted by Crippen LogP contribution is -2.44. The minimum atomic E-state index is 0.178. The Morgan fingerprint density at radius 2 is 2.25 bits per heavy atom. The summed E-state index contributed by atoms with van der Waals surface area (Å²) in [6.45, 7) is 7.75. The zero-order valence-corrected chi connectivity index (χ0v) is 10.4. The maximum absolute atomic E-state index is 11.7. The van der Waals surface area contributed by atoms with Crippen molar-refractivity contribution < 1.29 is 9.53 Å². The van der Waals surface area contributed by atoms with Gasteiger partial charge in [0.25, 0.3) is 0 Å². The normalized spacial score (nSPS) is 16.1. The SMILES string of the molecule is C=CCSCCNCC(=O)N1CCOCC1. The van der Waals surface area contributed by atoms with Crippen LogP contribution in [0.25, 0.3) is 0 Å². The highest BCUT2D eigenvalue weighted by Gasteiger charge is 2.15. The molecule has 5 heteroatoms. The van der Waals surface area contributed by atoms with Crippen LogP contribution in [0.1, 0.15) is 0 Å². The van der Waals surface area contributed by atoms with Gasteiger partial charge in [0.2, 0.25) is 5.91 Å². The Kier molecular flexibility index (Phi) is 7.29. The molecule has 0 aromatic carbocycles. The van der Waals surface area contributed by atoms with E-state index >= 15 is 0 Å². The van der Waals surface area contributed by atoms with Crippen LogP contribution in [0.3, 0.4) is 0 Å². The lowest BCUT2D eigenvalue weighted by Gasteiger charge is -2.26. The third-order valence-electron chi connectivity index (χ3n) is 2.30. The zero-order valence-electron chi connectivity index (χ0n) is 9.61.